The molecule has 5 atom stereocenters. The molecule has 0 bridgehead atoms. The molecule has 0 amide bonds. The molecular formula is C25H42O5. The SMILES string of the molecule is CC(=O)O[C@H](CO)COC(=O)CC(C)CC[C@]1(C)C2=CCCC(C)(C)C2CC[C@@H]1C. The molecule has 0 aliphatic heterocycles. The largest absolute Gasteiger partial charge is 0.462 e. The van der Waals surface area contributed by atoms with Crippen molar-refractivity contribution in [2.45, 2.75) is 92.6 Å². The van der Waals surface area contributed by atoms with Crippen LogP contribution in [0.1, 0.15) is 86.5 Å². The lowest BCUT2D eigenvalue weighted by Crippen LogP contribution is -2.43. The summed E-state index contributed by atoms with van der Waals surface area (Å²) in [6.45, 7) is 12.6. The molecule has 2 unspecified atom stereocenters. The minimum Gasteiger partial charge on any atom is -0.462 e. The molecule has 2 aliphatic carbocycles. The van der Waals surface area contributed by atoms with E-state index in [9.17, 15) is 14.7 Å². The first-order valence-corrected chi connectivity index (χ1v) is 11.6. The van der Waals surface area contributed by atoms with Crippen LogP contribution < -0.4 is 0 Å². The average molecular weight is 423 g/mol. The fourth-order valence-corrected chi connectivity index (χ4v) is 5.46. The maximum absolute atomic E-state index is 12.2. The first-order valence-electron chi connectivity index (χ1n) is 11.6. The number of esters is 2. The number of ether oxygens (including phenoxy) is 2. The van der Waals surface area contributed by atoms with Crippen LogP contribution in [-0.2, 0) is 19.1 Å². The van der Waals surface area contributed by atoms with Crippen molar-refractivity contribution in [3.05, 3.63) is 11.6 Å². The minimum atomic E-state index is -0.790. The van der Waals surface area contributed by atoms with Crippen molar-refractivity contribution in [2.75, 3.05) is 13.2 Å². The van der Waals surface area contributed by atoms with Crippen LogP contribution in [0.25, 0.3) is 0 Å². The molecule has 0 aromatic heterocycles. The summed E-state index contributed by atoms with van der Waals surface area (Å²) in [4.78, 5) is 23.2. The van der Waals surface area contributed by atoms with E-state index < -0.39 is 12.1 Å². The quantitative estimate of drug-likeness (QED) is 0.415. The van der Waals surface area contributed by atoms with Gasteiger partial charge in [-0.1, -0.05) is 46.3 Å². The maximum Gasteiger partial charge on any atom is 0.306 e. The van der Waals surface area contributed by atoms with Crippen LogP contribution in [0.4, 0.5) is 0 Å². The lowest BCUT2D eigenvalue weighted by atomic mass is 9.52. The van der Waals surface area contributed by atoms with Crippen molar-refractivity contribution >= 4 is 11.9 Å². The molecule has 172 valence electrons. The van der Waals surface area contributed by atoms with Gasteiger partial charge in [0.1, 0.15) is 6.61 Å². The van der Waals surface area contributed by atoms with E-state index in [0.29, 0.717) is 23.7 Å². The lowest BCUT2D eigenvalue weighted by molar-refractivity contribution is -0.160. The summed E-state index contributed by atoms with van der Waals surface area (Å²) in [6, 6.07) is 0. The molecule has 2 rings (SSSR count). The Balaban J connectivity index is 1.89. The Hall–Kier alpha value is -1.36. The van der Waals surface area contributed by atoms with Gasteiger partial charge >= 0.3 is 11.9 Å². The topological polar surface area (TPSA) is 72.8 Å². The molecule has 2 aliphatic rings. The van der Waals surface area contributed by atoms with E-state index in [2.05, 4.69) is 40.7 Å². The third kappa shape index (κ3) is 6.09. The Morgan fingerprint density at radius 2 is 1.97 bits per heavy atom. The summed E-state index contributed by atoms with van der Waals surface area (Å²) in [5.41, 5.74) is 2.25. The van der Waals surface area contributed by atoms with Crippen molar-refractivity contribution < 1.29 is 24.2 Å². The van der Waals surface area contributed by atoms with Crippen LogP contribution in [0.2, 0.25) is 0 Å². The molecule has 5 nitrogen and oxygen atoms in total. The predicted octanol–water partition coefficient (Wildman–Crippen LogP) is 5.06. The van der Waals surface area contributed by atoms with Gasteiger partial charge in [0.25, 0.3) is 0 Å². The van der Waals surface area contributed by atoms with Gasteiger partial charge in [-0.05, 0) is 67.1 Å². The van der Waals surface area contributed by atoms with E-state index in [1.165, 1.54) is 32.6 Å². The molecular weight excluding hydrogens is 380 g/mol. The van der Waals surface area contributed by atoms with Gasteiger partial charge in [0.05, 0.1) is 6.61 Å². The van der Waals surface area contributed by atoms with Gasteiger partial charge in [-0.3, -0.25) is 9.59 Å². The molecule has 1 saturated carbocycles. The maximum atomic E-state index is 12.2. The average Bonchev–Trinajstić information content (AvgIpc) is 2.66. The molecule has 0 radical (unpaired) electrons. The fraction of sp³-hybridized carbons (Fsp3) is 0.840. The molecule has 5 heteroatoms. The zero-order chi connectivity index (χ0) is 22.5. The van der Waals surface area contributed by atoms with Crippen molar-refractivity contribution in [3.63, 3.8) is 0 Å². The smallest absolute Gasteiger partial charge is 0.306 e. The van der Waals surface area contributed by atoms with Gasteiger partial charge in [0.2, 0.25) is 0 Å². The molecule has 0 aromatic carbocycles. The van der Waals surface area contributed by atoms with Crippen molar-refractivity contribution in [3.8, 4) is 0 Å². The third-order valence-electron chi connectivity index (χ3n) is 7.75. The van der Waals surface area contributed by atoms with Gasteiger partial charge in [0, 0.05) is 13.3 Å². The van der Waals surface area contributed by atoms with Crippen LogP contribution in [-0.4, -0.2) is 36.4 Å². The van der Waals surface area contributed by atoms with Crippen LogP contribution in [0.15, 0.2) is 11.6 Å². The van der Waals surface area contributed by atoms with Gasteiger partial charge in [-0.2, -0.15) is 0 Å². The summed E-state index contributed by atoms with van der Waals surface area (Å²) in [7, 11) is 0. The van der Waals surface area contributed by atoms with Crippen LogP contribution >= 0.6 is 0 Å². The molecule has 30 heavy (non-hydrogen) atoms. The normalized spacial score (nSPS) is 29.9. The number of aliphatic hydroxyl groups excluding tert-OH is 1. The standard InChI is InChI=1S/C25H42O5/c1-17(14-23(28)29-16-20(15-26)30-19(3)27)11-13-25(6)18(2)9-10-21-22(25)8-7-12-24(21,4)5/h8,17-18,20-21,26H,7,9-16H2,1-6H3/t17?,18-,20+,21?,25-/m0/s1. The van der Waals surface area contributed by atoms with E-state index in [4.69, 9.17) is 9.47 Å². The summed E-state index contributed by atoms with van der Waals surface area (Å²) < 4.78 is 10.1. The molecule has 0 aromatic rings. The van der Waals surface area contributed by atoms with Crippen LogP contribution in [0.5, 0.6) is 0 Å². The number of carbonyl (C=O) groups is 2. The minimum absolute atomic E-state index is 0.0972. The highest BCUT2D eigenvalue weighted by Gasteiger charge is 2.47. The lowest BCUT2D eigenvalue weighted by Gasteiger charge is -2.53. The second kappa shape index (κ2) is 10.3. The highest BCUT2D eigenvalue weighted by Crippen LogP contribution is 2.58. The zero-order valence-corrected chi connectivity index (χ0v) is 19.8. The number of carbonyl (C=O) groups excluding carboxylic acids is 2. The summed E-state index contributed by atoms with van der Waals surface area (Å²) in [5.74, 6) is 0.768. The Morgan fingerprint density at radius 3 is 2.60 bits per heavy atom. The Labute approximate surface area is 182 Å². The Bertz CT molecular complexity index is 637. The van der Waals surface area contributed by atoms with Crippen molar-refractivity contribution in [2.24, 2.45) is 28.6 Å². The van der Waals surface area contributed by atoms with Gasteiger partial charge in [-0.25, -0.2) is 0 Å². The Kier molecular flexibility index (Phi) is 8.55. The molecule has 1 fully saturated rings. The monoisotopic (exact) mass is 422 g/mol. The summed E-state index contributed by atoms with van der Waals surface area (Å²) in [6.07, 6.45) is 9.17. The number of allylic oxidation sites excluding steroid dienone is 2. The number of fused-ring (bicyclic) bond motifs is 1. The number of hydrogen-bond acceptors (Lipinski definition) is 5. The second-order valence-corrected chi connectivity index (χ2v) is 10.6. The summed E-state index contributed by atoms with van der Waals surface area (Å²) >= 11 is 0. The first kappa shape index (κ1) is 24.9. The Morgan fingerprint density at radius 1 is 1.27 bits per heavy atom. The fourth-order valence-electron chi connectivity index (χ4n) is 5.46. The van der Waals surface area contributed by atoms with E-state index in [1.807, 2.05) is 0 Å². The predicted molar refractivity (Wildman–Crippen MR) is 118 cm³/mol. The summed E-state index contributed by atoms with van der Waals surface area (Å²) in [5, 5.41) is 9.21. The van der Waals surface area contributed by atoms with Crippen molar-refractivity contribution in [1.82, 2.24) is 0 Å². The first-order chi connectivity index (χ1) is 14.0. The van der Waals surface area contributed by atoms with Crippen molar-refractivity contribution in [1.29, 1.82) is 0 Å². The van der Waals surface area contributed by atoms with Gasteiger partial charge in [0.15, 0.2) is 6.10 Å². The van der Waals surface area contributed by atoms with Crippen LogP contribution in [0, 0.1) is 28.6 Å². The molecule has 1 N–H and O–H groups in total. The molecule has 0 saturated heterocycles. The van der Waals surface area contributed by atoms with E-state index >= 15 is 0 Å². The van der Waals surface area contributed by atoms with Gasteiger partial charge < -0.3 is 14.6 Å². The second-order valence-electron chi connectivity index (χ2n) is 10.6. The van der Waals surface area contributed by atoms with E-state index in [1.54, 1.807) is 5.57 Å². The number of rotatable bonds is 9. The third-order valence-corrected chi connectivity index (χ3v) is 7.75. The molecule has 0 spiro atoms. The number of aliphatic hydroxyl groups is 1. The van der Waals surface area contributed by atoms with E-state index in [0.717, 1.165) is 12.8 Å². The van der Waals surface area contributed by atoms with E-state index in [-0.39, 0.29) is 30.5 Å². The van der Waals surface area contributed by atoms with Gasteiger partial charge in [-0.15, -0.1) is 0 Å². The zero-order valence-electron chi connectivity index (χ0n) is 19.8. The molecule has 0 heterocycles. The highest BCUT2D eigenvalue weighted by atomic mass is 16.6. The van der Waals surface area contributed by atoms with Crippen LogP contribution in [0.3, 0.4) is 0 Å². The highest BCUT2D eigenvalue weighted by molar-refractivity contribution is 5.69. The number of hydrogen-bond donors (Lipinski definition) is 1.